The number of hydrogen-bond donors (Lipinski definition) is 3. The number of alkyl halides is 3. The number of aromatic nitrogens is 2. The molecule has 0 aliphatic rings. The Hall–Kier alpha value is -2.51. The van der Waals surface area contributed by atoms with E-state index < -0.39 is 17.6 Å². The molecule has 2 aromatic rings. The van der Waals surface area contributed by atoms with E-state index in [0.29, 0.717) is 11.3 Å². The van der Waals surface area contributed by atoms with Crippen LogP contribution in [0.3, 0.4) is 0 Å². The van der Waals surface area contributed by atoms with Crippen molar-refractivity contribution in [2.45, 2.75) is 20.0 Å². The minimum atomic E-state index is -4.48. The monoisotopic (exact) mass is 298 g/mol. The van der Waals surface area contributed by atoms with Crippen molar-refractivity contribution >= 4 is 17.3 Å². The molecule has 5 nitrogen and oxygen atoms in total. The van der Waals surface area contributed by atoms with Crippen molar-refractivity contribution in [3.05, 3.63) is 40.7 Å². The van der Waals surface area contributed by atoms with Crippen LogP contribution >= 0.6 is 0 Å². The van der Waals surface area contributed by atoms with Crippen molar-refractivity contribution in [2.24, 2.45) is 0 Å². The predicted octanol–water partition coefficient (Wildman–Crippen LogP) is 2.88. The maximum atomic E-state index is 12.7. The fourth-order valence-corrected chi connectivity index (χ4v) is 1.73. The quantitative estimate of drug-likeness (QED) is 0.797. The Kier molecular flexibility index (Phi) is 3.63. The van der Waals surface area contributed by atoms with Gasteiger partial charge < -0.3 is 11.1 Å². The number of rotatable bonds is 2. The van der Waals surface area contributed by atoms with Crippen molar-refractivity contribution in [3.63, 3.8) is 0 Å². The van der Waals surface area contributed by atoms with E-state index in [0.717, 1.165) is 12.1 Å². The second kappa shape index (κ2) is 5.12. The zero-order valence-electron chi connectivity index (χ0n) is 11.3. The van der Waals surface area contributed by atoms with Crippen molar-refractivity contribution < 1.29 is 18.0 Å². The molecule has 112 valence electrons. The molecule has 0 aliphatic heterocycles. The van der Waals surface area contributed by atoms with Crippen LogP contribution in [-0.4, -0.2) is 16.1 Å². The van der Waals surface area contributed by atoms with Gasteiger partial charge in [-0.15, -0.1) is 0 Å². The first-order chi connectivity index (χ1) is 9.70. The molecule has 21 heavy (non-hydrogen) atoms. The summed E-state index contributed by atoms with van der Waals surface area (Å²) in [5.74, 6) is -0.667. The standard InChI is InChI=1S/C13H13F3N4O/c1-6-3-4-8(13(14,15)16)5-9(6)18-12(21)11-10(17)7(2)19-20-11/h3-5H,17H2,1-2H3,(H,18,21)(H,19,20). The van der Waals surface area contributed by atoms with Crippen LogP contribution in [-0.2, 0) is 6.18 Å². The number of hydrogen-bond acceptors (Lipinski definition) is 3. The Balaban J connectivity index is 2.31. The molecule has 1 amide bonds. The van der Waals surface area contributed by atoms with Gasteiger partial charge in [0.05, 0.1) is 16.9 Å². The predicted molar refractivity (Wildman–Crippen MR) is 71.9 cm³/mol. The second-order valence-electron chi connectivity index (χ2n) is 4.59. The molecule has 1 aromatic heterocycles. The maximum Gasteiger partial charge on any atom is 0.416 e. The number of nitrogens with zero attached hydrogens (tertiary/aromatic N) is 1. The van der Waals surface area contributed by atoms with Crippen LogP contribution in [0.5, 0.6) is 0 Å². The van der Waals surface area contributed by atoms with Crippen LogP contribution in [0.2, 0.25) is 0 Å². The van der Waals surface area contributed by atoms with Crippen LogP contribution in [0.25, 0.3) is 0 Å². The normalized spacial score (nSPS) is 11.5. The SMILES string of the molecule is Cc1ccc(C(F)(F)F)cc1NC(=O)c1n[nH]c(C)c1N. The molecular formula is C13H13F3N4O. The number of anilines is 2. The molecule has 0 fully saturated rings. The average molecular weight is 298 g/mol. The van der Waals surface area contributed by atoms with E-state index in [1.807, 2.05) is 0 Å². The number of halogens is 3. The van der Waals surface area contributed by atoms with Crippen molar-refractivity contribution in [1.29, 1.82) is 0 Å². The lowest BCUT2D eigenvalue weighted by molar-refractivity contribution is -0.137. The summed E-state index contributed by atoms with van der Waals surface area (Å²) in [4.78, 5) is 12.0. The van der Waals surface area contributed by atoms with E-state index >= 15 is 0 Å². The Morgan fingerprint density at radius 3 is 2.52 bits per heavy atom. The van der Waals surface area contributed by atoms with E-state index in [1.165, 1.54) is 6.07 Å². The van der Waals surface area contributed by atoms with E-state index in [1.54, 1.807) is 13.8 Å². The number of aryl methyl sites for hydroxylation is 2. The summed E-state index contributed by atoms with van der Waals surface area (Å²) in [6.07, 6.45) is -4.48. The number of H-pyrrole nitrogens is 1. The highest BCUT2D eigenvalue weighted by atomic mass is 19.4. The topological polar surface area (TPSA) is 83.8 Å². The molecule has 1 aromatic carbocycles. The zero-order valence-corrected chi connectivity index (χ0v) is 11.3. The van der Waals surface area contributed by atoms with E-state index in [9.17, 15) is 18.0 Å². The summed E-state index contributed by atoms with van der Waals surface area (Å²) >= 11 is 0. The summed E-state index contributed by atoms with van der Waals surface area (Å²) in [5.41, 5.74) is 6.02. The highest BCUT2D eigenvalue weighted by Gasteiger charge is 2.31. The van der Waals surface area contributed by atoms with Crippen molar-refractivity contribution in [1.82, 2.24) is 10.2 Å². The summed E-state index contributed by atoms with van der Waals surface area (Å²) in [5, 5.41) is 8.66. The molecule has 0 saturated carbocycles. The van der Waals surface area contributed by atoms with Crippen molar-refractivity contribution in [3.8, 4) is 0 Å². The lowest BCUT2D eigenvalue weighted by atomic mass is 10.1. The van der Waals surface area contributed by atoms with Crippen molar-refractivity contribution in [2.75, 3.05) is 11.1 Å². The van der Waals surface area contributed by atoms with Gasteiger partial charge >= 0.3 is 6.18 Å². The molecule has 8 heteroatoms. The Morgan fingerprint density at radius 1 is 1.33 bits per heavy atom. The second-order valence-corrected chi connectivity index (χ2v) is 4.59. The number of amides is 1. The third-order valence-electron chi connectivity index (χ3n) is 3.02. The highest BCUT2D eigenvalue weighted by Crippen LogP contribution is 2.32. The number of carbonyl (C=O) groups excluding carboxylic acids is 1. The molecule has 0 unspecified atom stereocenters. The highest BCUT2D eigenvalue weighted by molar-refractivity contribution is 6.06. The Morgan fingerprint density at radius 2 is 2.00 bits per heavy atom. The van der Waals surface area contributed by atoms with Gasteiger partial charge in [0.15, 0.2) is 5.69 Å². The van der Waals surface area contributed by atoms with Gasteiger partial charge in [0.1, 0.15) is 0 Å². The maximum absolute atomic E-state index is 12.7. The molecule has 1 heterocycles. The molecular weight excluding hydrogens is 285 g/mol. The minimum Gasteiger partial charge on any atom is -0.395 e. The summed E-state index contributed by atoms with van der Waals surface area (Å²) in [7, 11) is 0. The van der Waals surface area contributed by atoms with Gasteiger partial charge in [-0.3, -0.25) is 9.89 Å². The number of nitrogens with one attached hydrogen (secondary N) is 2. The molecule has 0 spiro atoms. The first kappa shape index (κ1) is 14.9. The van der Waals surface area contributed by atoms with Crippen LogP contribution in [0.4, 0.5) is 24.5 Å². The third-order valence-corrected chi connectivity index (χ3v) is 3.02. The third kappa shape index (κ3) is 2.99. The van der Waals surface area contributed by atoms with Gasteiger partial charge in [-0.2, -0.15) is 18.3 Å². The molecule has 0 bridgehead atoms. The molecule has 2 rings (SSSR count). The van der Waals surface area contributed by atoms with Gasteiger partial charge in [0.25, 0.3) is 5.91 Å². The number of benzene rings is 1. The number of nitrogen functional groups attached to an aromatic ring is 1. The largest absolute Gasteiger partial charge is 0.416 e. The van der Waals surface area contributed by atoms with Gasteiger partial charge in [-0.25, -0.2) is 0 Å². The first-order valence-electron chi connectivity index (χ1n) is 5.99. The Labute approximate surface area is 118 Å². The minimum absolute atomic E-state index is 0.0516. The van der Waals surface area contributed by atoms with Gasteiger partial charge in [0, 0.05) is 5.69 Å². The fourth-order valence-electron chi connectivity index (χ4n) is 1.73. The molecule has 0 aliphatic carbocycles. The molecule has 0 radical (unpaired) electrons. The molecule has 4 N–H and O–H groups in total. The van der Waals surface area contributed by atoms with E-state index in [-0.39, 0.29) is 17.1 Å². The number of carbonyl (C=O) groups is 1. The van der Waals surface area contributed by atoms with Gasteiger partial charge in [0.2, 0.25) is 0 Å². The molecule has 0 saturated heterocycles. The van der Waals surface area contributed by atoms with Crippen LogP contribution in [0.15, 0.2) is 18.2 Å². The lowest BCUT2D eigenvalue weighted by Gasteiger charge is -2.12. The van der Waals surface area contributed by atoms with Gasteiger partial charge in [-0.1, -0.05) is 6.07 Å². The van der Waals surface area contributed by atoms with Gasteiger partial charge in [-0.05, 0) is 31.5 Å². The summed E-state index contributed by atoms with van der Waals surface area (Å²) < 4.78 is 38.0. The van der Waals surface area contributed by atoms with Crippen LogP contribution in [0, 0.1) is 13.8 Å². The average Bonchev–Trinajstić information content (AvgIpc) is 2.71. The van der Waals surface area contributed by atoms with Crippen LogP contribution < -0.4 is 11.1 Å². The van der Waals surface area contributed by atoms with Crippen LogP contribution in [0.1, 0.15) is 27.3 Å². The fraction of sp³-hybridized carbons (Fsp3) is 0.231. The Bertz CT molecular complexity index is 691. The number of nitrogens with two attached hydrogens (primary N) is 1. The lowest BCUT2D eigenvalue weighted by Crippen LogP contribution is -2.16. The molecule has 0 atom stereocenters. The summed E-state index contributed by atoms with van der Waals surface area (Å²) in [6, 6.07) is 3.12. The van der Waals surface area contributed by atoms with E-state index in [2.05, 4.69) is 15.5 Å². The number of aromatic amines is 1. The van der Waals surface area contributed by atoms with E-state index in [4.69, 9.17) is 5.73 Å². The summed E-state index contributed by atoms with van der Waals surface area (Å²) in [6.45, 7) is 3.23. The first-order valence-corrected chi connectivity index (χ1v) is 5.99. The smallest absolute Gasteiger partial charge is 0.395 e. The zero-order chi connectivity index (χ0) is 15.8.